The van der Waals surface area contributed by atoms with E-state index in [0.29, 0.717) is 28.8 Å². The smallest absolute Gasteiger partial charge is 0.502 e. The van der Waals surface area contributed by atoms with Crippen molar-refractivity contribution in [3.63, 3.8) is 0 Å². The second kappa shape index (κ2) is 15.2. The summed E-state index contributed by atoms with van der Waals surface area (Å²) in [4.78, 5) is -3.19. The molecule has 274 valence electrons. The third kappa shape index (κ3) is 8.62. The Morgan fingerprint density at radius 2 is 1.27 bits per heavy atom. The van der Waals surface area contributed by atoms with Crippen LogP contribution in [0.25, 0.3) is 11.1 Å². The van der Waals surface area contributed by atoms with Gasteiger partial charge in [0.2, 0.25) is 10.0 Å². The molecule has 0 atom stereocenters. The molecular formula is C35H27Cl2F4NO7S3. The topological polar surface area (TPSA) is 126 Å². The zero-order valence-corrected chi connectivity index (χ0v) is 30.5. The Hall–Kier alpha value is -3.99. The fraction of sp³-hybridized carbons (Fsp3) is 0.143. The van der Waals surface area contributed by atoms with E-state index in [1.807, 2.05) is 42.5 Å². The number of hydrogen-bond donors (Lipinski definition) is 1. The number of phenolic OH excluding ortho intramolecular Hbond substituents is 1. The van der Waals surface area contributed by atoms with Gasteiger partial charge in [0.25, 0.3) is 9.84 Å². The first-order valence-electron chi connectivity index (χ1n) is 15.0. The van der Waals surface area contributed by atoms with Crippen molar-refractivity contribution < 1.29 is 47.9 Å². The molecule has 0 unspecified atom stereocenters. The number of halogens is 6. The van der Waals surface area contributed by atoms with E-state index in [1.54, 1.807) is 18.2 Å². The van der Waals surface area contributed by atoms with E-state index in [0.717, 1.165) is 21.5 Å². The maximum atomic E-state index is 14.1. The molecule has 0 spiro atoms. The maximum Gasteiger partial charge on any atom is 0.502 e. The number of sulfonamides is 1. The van der Waals surface area contributed by atoms with E-state index in [2.05, 4.69) is 0 Å². The molecular weight excluding hydrogens is 789 g/mol. The molecule has 1 N–H and O–H groups in total. The Bertz CT molecular complexity index is 2450. The van der Waals surface area contributed by atoms with Crippen LogP contribution in [0.5, 0.6) is 5.75 Å². The molecule has 17 heteroatoms. The number of rotatable bonds is 12. The molecule has 0 aliphatic carbocycles. The number of aryl methyl sites for hydroxylation is 1. The fourth-order valence-electron chi connectivity index (χ4n) is 5.21. The van der Waals surface area contributed by atoms with E-state index in [4.69, 9.17) is 23.2 Å². The summed E-state index contributed by atoms with van der Waals surface area (Å²) >= 11 is 12.2. The molecule has 5 rings (SSSR count). The van der Waals surface area contributed by atoms with Gasteiger partial charge in [-0.05, 0) is 64.6 Å². The largest absolute Gasteiger partial charge is 0.505 e. The van der Waals surface area contributed by atoms with Crippen LogP contribution in [0.1, 0.15) is 16.7 Å². The van der Waals surface area contributed by atoms with Crippen LogP contribution in [0.4, 0.5) is 17.6 Å². The summed E-state index contributed by atoms with van der Waals surface area (Å²) in [5.74, 6) is -3.18. The minimum atomic E-state index is -6.18. The number of benzene rings is 5. The van der Waals surface area contributed by atoms with Crippen molar-refractivity contribution >= 4 is 52.9 Å². The van der Waals surface area contributed by atoms with Gasteiger partial charge in [-0.3, -0.25) is 0 Å². The highest BCUT2D eigenvalue weighted by Crippen LogP contribution is 2.37. The third-order valence-corrected chi connectivity index (χ3v) is 13.4. The van der Waals surface area contributed by atoms with Crippen LogP contribution in [0, 0.1) is 5.82 Å². The van der Waals surface area contributed by atoms with Crippen molar-refractivity contribution in [1.82, 2.24) is 4.31 Å². The maximum absolute atomic E-state index is 14.1. The Morgan fingerprint density at radius 1 is 0.654 bits per heavy atom. The van der Waals surface area contributed by atoms with Gasteiger partial charge >= 0.3 is 5.51 Å². The van der Waals surface area contributed by atoms with Crippen LogP contribution in [0.15, 0.2) is 124 Å². The van der Waals surface area contributed by atoms with Gasteiger partial charge in [-0.2, -0.15) is 17.5 Å². The van der Waals surface area contributed by atoms with Crippen molar-refractivity contribution in [3.8, 4) is 16.9 Å². The SMILES string of the molecule is O=S(=O)(CCc1cccc(CN(Cc2ccc(-c3ccccc3)cc2)S(=O)(=O)c2cc(Cl)cc(Cl)c2O)c1)c1ccc(F)c(S(=O)(=O)C(F)(F)F)c1. The van der Waals surface area contributed by atoms with E-state index in [1.165, 1.54) is 24.3 Å². The molecule has 0 aliphatic heterocycles. The second-order valence-corrected chi connectivity index (χ2v) is 18.3. The summed E-state index contributed by atoms with van der Waals surface area (Å²) in [6.07, 6.45) is -0.229. The first kappa shape index (κ1) is 39.2. The van der Waals surface area contributed by atoms with Gasteiger partial charge in [0.15, 0.2) is 15.6 Å². The van der Waals surface area contributed by atoms with Gasteiger partial charge in [0.05, 0.1) is 15.7 Å². The Labute approximate surface area is 307 Å². The Morgan fingerprint density at radius 3 is 1.92 bits per heavy atom. The van der Waals surface area contributed by atoms with E-state index in [9.17, 15) is 47.9 Å². The van der Waals surface area contributed by atoms with Gasteiger partial charge in [0.1, 0.15) is 15.6 Å². The number of alkyl halides is 3. The number of sulfone groups is 2. The van der Waals surface area contributed by atoms with Gasteiger partial charge in [-0.15, -0.1) is 0 Å². The molecule has 5 aromatic carbocycles. The summed E-state index contributed by atoms with van der Waals surface area (Å²) in [6, 6.07) is 26.2. The van der Waals surface area contributed by atoms with Gasteiger partial charge in [-0.1, -0.05) is 102 Å². The van der Waals surface area contributed by atoms with Crippen LogP contribution in [0.3, 0.4) is 0 Å². The van der Waals surface area contributed by atoms with Crippen molar-refractivity contribution in [2.45, 2.75) is 39.7 Å². The van der Waals surface area contributed by atoms with Crippen LogP contribution in [-0.4, -0.2) is 45.9 Å². The number of hydrogen-bond acceptors (Lipinski definition) is 7. The summed E-state index contributed by atoms with van der Waals surface area (Å²) in [7, 11) is -15.1. The number of nitrogens with zero attached hydrogens (tertiary/aromatic N) is 1. The van der Waals surface area contributed by atoms with Gasteiger partial charge in [-0.25, -0.2) is 29.6 Å². The second-order valence-electron chi connectivity index (χ2n) is 11.5. The average molecular weight is 817 g/mol. The van der Waals surface area contributed by atoms with Gasteiger partial charge in [0, 0.05) is 18.1 Å². The minimum absolute atomic E-state index is 0.0407. The van der Waals surface area contributed by atoms with E-state index < -0.39 is 67.2 Å². The zero-order valence-electron chi connectivity index (χ0n) is 26.6. The third-order valence-electron chi connectivity index (χ3n) is 7.90. The average Bonchev–Trinajstić information content (AvgIpc) is 3.09. The van der Waals surface area contributed by atoms with Crippen molar-refractivity contribution in [2.75, 3.05) is 5.75 Å². The molecule has 0 heterocycles. The molecule has 0 fully saturated rings. The lowest BCUT2D eigenvalue weighted by molar-refractivity contribution is -0.0438. The van der Waals surface area contributed by atoms with Crippen LogP contribution >= 0.6 is 23.2 Å². The lowest BCUT2D eigenvalue weighted by Crippen LogP contribution is -2.30. The monoisotopic (exact) mass is 815 g/mol. The number of aromatic hydroxyl groups is 1. The standard InChI is InChI=1S/C35H27Cl2F4NO7S3/c36-28-18-30(37)34(43)33(19-28)52(48,49)42(21-24-9-11-27(12-10-24)26-7-2-1-3-8-26)22-25-6-4-5-23(17-25)15-16-50(44,45)29-13-14-31(38)32(20-29)51(46,47)35(39,40)41/h1-14,17-20,43H,15-16,21-22H2. The van der Waals surface area contributed by atoms with E-state index in [-0.39, 0.29) is 35.6 Å². The highest BCUT2D eigenvalue weighted by molar-refractivity contribution is 7.92. The number of phenols is 1. The van der Waals surface area contributed by atoms with Crippen molar-refractivity contribution in [3.05, 3.63) is 142 Å². The molecule has 0 amide bonds. The lowest BCUT2D eigenvalue weighted by atomic mass is 10.0. The molecule has 0 radical (unpaired) electrons. The lowest BCUT2D eigenvalue weighted by Gasteiger charge is -2.24. The first-order chi connectivity index (χ1) is 24.3. The fourth-order valence-corrected chi connectivity index (χ4v) is 9.61. The van der Waals surface area contributed by atoms with Gasteiger partial charge < -0.3 is 5.11 Å². The van der Waals surface area contributed by atoms with Crippen molar-refractivity contribution in [1.29, 1.82) is 0 Å². The highest BCUT2D eigenvalue weighted by Gasteiger charge is 2.48. The predicted octanol–water partition coefficient (Wildman–Crippen LogP) is 8.21. The highest BCUT2D eigenvalue weighted by atomic mass is 35.5. The zero-order chi connectivity index (χ0) is 38.1. The van der Waals surface area contributed by atoms with Crippen LogP contribution < -0.4 is 0 Å². The minimum Gasteiger partial charge on any atom is -0.505 e. The quantitative estimate of drug-likeness (QED) is 0.0994. The van der Waals surface area contributed by atoms with E-state index >= 15 is 0 Å². The normalized spacial score (nSPS) is 12.7. The molecule has 0 saturated carbocycles. The van der Waals surface area contributed by atoms with Crippen molar-refractivity contribution in [2.24, 2.45) is 0 Å². The molecule has 0 bridgehead atoms. The Kier molecular flexibility index (Phi) is 11.4. The predicted molar refractivity (Wildman–Crippen MR) is 188 cm³/mol. The molecule has 0 aromatic heterocycles. The molecule has 0 saturated heterocycles. The molecule has 5 aromatic rings. The summed E-state index contributed by atoms with van der Waals surface area (Å²) in [5, 5.41) is 10.3. The molecule has 8 nitrogen and oxygen atoms in total. The summed E-state index contributed by atoms with van der Waals surface area (Å²) < 4.78 is 132. The Balaban J connectivity index is 1.43. The van der Waals surface area contributed by atoms with Crippen LogP contribution in [-0.2, 0) is 49.2 Å². The first-order valence-corrected chi connectivity index (χ1v) is 20.4. The summed E-state index contributed by atoms with van der Waals surface area (Å²) in [5.41, 5.74) is -2.66. The molecule has 52 heavy (non-hydrogen) atoms. The molecule has 0 aliphatic rings. The summed E-state index contributed by atoms with van der Waals surface area (Å²) in [6.45, 7) is -0.448. The van der Waals surface area contributed by atoms with Crippen LogP contribution in [0.2, 0.25) is 10.0 Å².